The second-order valence-corrected chi connectivity index (χ2v) is 5.07. The fourth-order valence-corrected chi connectivity index (χ4v) is 1.96. The molecule has 0 unspecified atom stereocenters. The Morgan fingerprint density at radius 1 is 1.47 bits per heavy atom. The van der Waals surface area contributed by atoms with Crippen LogP contribution < -0.4 is 0 Å². The Kier molecular flexibility index (Phi) is 4.22. The first-order chi connectivity index (χ1) is 6.93. The quantitative estimate of drug-likeness (QED) is 0.829. The number of hydrogen-bond acceptors (Lipinski definition) is 2. The molecule has 0 aliphatic rings. The van der Waals surface area contributed by atoms with Gasteiger partial charge in [0.05, 0.1) is 5.56 Å². The van der Waals surface area contributed by atoms with Crippen LogP contribution in [0.1, 0.15) is 24.2 Å². The van der Waals surface area contributed by atoms with Gasteiger partial charge in [-0.15, -0.1) is 12.6 Å². The molecular formula is C11H14BrNOS. The van der Waals surface area contributed by atoms with Gasteiger partial charge in [0.2, 0.25) is 0 Å². The Bertz CT molecular complexity index is 379. The molecule has 0 saturated heterocycles. The van der Waals surface area contributed by atoms with E-state index in [1.807, 2.05) is 26.0 Å². The van der Waals surface area contributed by atoms with Gasteiger partial charge in [-0.2, -0.15) is 0 Å². The molecule has 1 aromatic carbocycles. The molecule has 2 nitrogen and oxygen atoms in total. The standard InChI is InChI=1S/C11H14BrNOS/c1-7(2)13(3)11(14)9-5-4-8(12)6-10(9)15/h4-7,15H,1-3H3. The Morgan fingerprint density at radius 2 is 2.07 bits per heavy atom. The number of hydrogen-bond donors (Lipinski definition) is 1. The molecule has 1 rings (SSSR count). The van der Waals surface area contributed by atoms with Gasteiger partial charge in [-0.3, -0.25) is 4.79 Å². The number of benzene rings is 1. The monoisotopic (exact) mass is 287 g/mol. The highest BCUT2D eigenvalue weighted by molar-refractivity contribution is 9.10. The molecule has 0 N–H and O–H groups in total. The molecular weight excluding hydrogens is 274 g/mol. The van der Waals surface area contributed by atoms with Crippen LogP contribution in [0, 0.1) is 0 Å². The summed E-state index contributed by atoms with van der Waals surface area (Å²) in [5.41, 5.74) is 0.637. The number of amides is 1. The van der Waals surface area contributed by atoms with Crippen molar-refractivity contribution < 1.29 is 4.79 Å². The summed E-state index contributed by atoms with van der Waals surface area (Å²) in [4.78, 5) is 14.4. The summed E-state index contributed by atoms with van der Waals surface area (Å²) in [7, 11) is 1.79. The summed E-state index contributed by atoms with van der Waals surface area (Å²) in [6.45, 7) is 3.96. The zero-order valence-corrected chi connectivity index (χ0v) is 11.5. The topological polar surface area (TPSA) is 20.3 Å². The van der Waals surface area contributed by atoms with E-state index in [1.165, 1.54) is 0 Å². The van der Waals surface area contributed by atoms with E-state index in [4.69, 9.17) is 0 Å². The lowest BCUT2D eigenvalue weighted by Gasteiger charge is -2.22. The zero-order chi connectivity index (χ0) is 11.6. The molecule has 0 atom stereocenters. The molecule has 82 valence electrons. The van der Waals surface area contributed by atoms with E-state index in [0.717, 1.165) is 4.47 Å². The minimum absolute atomic E-state index is 0.00231. The molecule has 0 radical (unpaired) electrons. The van der Waals surface area contributed by atoms with Crippen molar-refractivity contribution in [3.8, 4) is 0 Å². The van der Waals surface area contributed by atoms with E-state index in [1.54, 1.807) is 18.0 Å². The SMILES string of the molecule is CC(C)N(C)C(=O)c1ccc(Br)cc1S. The largest absolute Gasteiger partial charge is 0.339 e. The molecule has 0 bridgehead atoms. The lowest BCUT2D eigenvalue weighted by Crippen LogP contribution is -2.33. The van der Waals surface area contributed by atoms with Gasteiger partial charge < -0.3 is 4.90 Å². The lowest BCUT2D eigenvalue weighted by molar-refractivity contribution is 0.0751. The first kappa shape index (κ1) is 12.6. The van der Waals surface area contributed by atoms with Crippen molar-refractivity contribution >= 4 is 34.5 Å². The van der Waals surface area contributed by atoms with Gasteiger partial charge in [0.1, 0.15) is 0 Å². The molecule has 0 fully saturated rings. The maximum atomic E-state index is 12.0. The van der Waals surface area contributed by atoms with Crippen LogP contribution in [0.4, 0.5) is 0 Å². The predicted octanol–water partition coefficient (Wildman–Crippen LogP) is 3.22. The molecule has 0 aromatic heterocycles. The highest BCUT2D eigenvalue weighted by Crippen LogP contribution is 2.21. The van der Waals surface area contributed by atoms with Crippen LogP contribution in [0.15, 0.2) is 27.6 Å². The van der Waals surface area contributed by atoms with Crippen molar-refractivity contribution in [3.05, 3.63) is 28.2 Å². The molecule has 0 spiro atoms. The highest BCUT2D eigenvalue weighted by atomic mass is 79.9. The van der Waals surface area contributed by atoms with Gasteiger partial charge in [-0.25, -0.2) is 0 Å². The molecule has 0 saturated carbocycles. The second kappa shape index (κ2) is 5.03. The van der Waals surface area contributed by atoms with Crippen LogP contribution in [0.5, 0.6) is 0 Å². The van der Waals surface area contributed by atoms with E-state index < -0.39 is 0 Å². The number of halogens is 1. The average molecular weight is 288 g/mol. The van der Waals surface area contributed by atoms with E-state index in [2.05, 4.69) is 28.6 Å². The maximum Gasteiger partial charge on any atom is 0.254 e. The summed E-state index contributed by atoms with van der Waals surface area (Å²) >= 11 is 7.63. The fraction of sp³-hybridized carbons (Fsp3) is 0.364. The Morgan fingerprint density at radius 3 is 2.53 bits per heavy atom. The van der Waals surface area contributed by atoms with Crippen molar-refractivity contribution in [3.63, 3.8) is 0 Å². The number of thiol groups is 1. The first-order valence-corrected chi connectivity index (χ1v) is 5.93. The lowest BCUT2D eigenvalue weighted by atomic mass is 10.2. The highest BCUT2D eigenvalue weighted by Gasteiger charge is 2.16. The summed E-state index contributed by atoms with van der Waals surface area (Å²) in [6.07, 6.45) is 0. The predicted molar refractivity (Wildman–Crippen MR) is 68.6 cm³/mol. The van der Waals surface area contributed by atoms with Crippen molar-refractivity contribution in [1.82, 2.24) is 4.90 Å². The Balaban J connectivity index is 3.01. The minimum Gasteiger partial charge on any atom is -0.339 e. The van der Waals surface area contributed by atoms with E-state index in [0.29, 0.717) is 10.5 Å². The third-order valence-corrected chi connectivity index (χ3v) is 3.15. The van der Waals surface area contributed by atoms with Gasteiger partial charge in [0.15, 0.2) is 0 Å². The van der Waals surface area contributed by atoms with Crippen LogP contribution in [0.2, 0.25) is 0 Å². The van der Waals surface area contributed by atoms with E-state index in [-0.39, 0.29) is 11.9 Å². The van der Waals surface area contributed by atoms with Gasteiger partial charge in [-0.1, -0.05) is 15.9 Å². The fourth-order valence-electron chi connectivity index (χ4n) is 1.11. The zero-order valence-electron chi connectivity index (χ0n) is 8.99. The molecule has 0 heterocycles. The third kappa shape index (κ3) is 2.98. The maximum absolute atomic E-state index is 12.0. The summed E-state index contributed by atoms with van der Waals surface area (Å²) in [6, 6.07) is 5.65. The molecule has 1 aromatic rings. The third-order valence-electron chi connectivity index (χ3n) is 2.29. The van der Waals surface area contributed by atoms with Crippen LogP contribution >= 0.6 is 28.6 Å². The van der Waals surface area contributed by atoms with Crippen LogP contribution in [-0.2, 0) is 0 Å². The van der Waals surface area contributed by atoms with E-state index >= 15 is 0 Å². The van der Waals surface area contributed by atoms with Gasteiger partial charge in [-0.05, 0) is 32.0 Å². The van der Waals surface area contributed by atoms with Crippen LogP contribution in [-0.4, -0.2) is 23.9 Å². The Hall–Kier alpha value is -0.480. The van der Waals surface area contributed by atoms with E-state index in [9.17, 15) is 4.79 Å². The number of rotatable bonds is 2. The van der Waals surface area contributed by atoms with Crippen molar-refractivity contribution in [2.45, 2.75) is 24.8 Å². The van der Waals surface area contributed by atoms with Crippen molar-refractivity contribution in [1.29, 1.82) is 0 Å². The van der Waals surface area contributed by atoms with Crippen molar-refractivity contribution in [2.75, 3.05) is 7.05 Å². The molecule has 4 heteroatoms. The minimum atomic E-state index is 0.00231. The molecule has 0 aliphatic carbocycles. The normalized spacial score (nSPS) is 10.5. The summed E-state index contributed by atoms with van der Waals surface area (Å²) in [5, 5.41) is 0. The van der Waals surface area contributed by atoms with Crippen LogP contribution in [0.25, 0.3) is 0 Å². The number of carbonyl (C=O) groups is 1. The molecule has 15 heavy (non-hydrogen) atoms. The summed E-state index contributed by atoms with van der Waals surface area (Å²) in [5.74, 6) is 0.00231. The van der Waals surface area contributed by atoms with Gasteiger partial charge >= 0.3 is 0 Å². The second-order valence-electron chi connectivity index (χ2n) is 3.67. The van der Waals surface area contributed by atoms with Crippen LogP contribution in [0.3, 0.4) is 0 Å². The average Bonchev–Trinajstić information content (AvgIpc) is 2.15. The molecule has 1 amide bonds. The number of nitrogens with zero attached hydrogens (tertiary/aromatic N) is 1. The summed E-state index contributed by atoms with van der Waals surface area (Å²) < 4.78 is 0.927. The first-order valence-electron chi connectivity index (χ1n) is 4.69. The van der Waals surface area contributed by atoms with Crippen molar-refractivity contribution in [2.24, 2.45) is 0 Å². The van der Waals surface area contributed by atoms with Gasteiger partial charge in [0, 0.05) is 22.5 Å². The Labute approximate surface area is 104 Å². The van der Waals surface area contributed by atoms with Gasteiger partial charge in [0.25, 0.3) is 5.91 Å². The number of carbonyl (C=O) groups excluding carboxylic acids is 1. The smallest absolute Gasteiger partial charge is 0.254 e. The molecule has 0 aliphatic heterocycles.